The quantitative estimate of drug-likeness (QED) is 0.409. The summed E-state index contributed by atoms with van der Waals surface area (Å²) in [4.78, 5) is 8.65. The highest BCUT2D eigenvalue weighted by Crippen LogP contribution is 2.25. The largest absolute Gasteiger partial charge is 0.497 e. The molecule has 3 rings (SSSR count). The third-order valence-corrected chi connectivity index (χ3v) is 4.65. The number of aryl methyl sites for hydroxylation is 2. The number of pyridine rings is 1. The van der Waals surface area contributed by atoms with Crippen molar-refractivity contribution in [3.8, 4) is 17.3 Å². The zero-order chi connectivity index (χ0) is 23.1. The summed E-state index contributed by atoms with van der Waals surface area (Å²) in [5.41, 5.74) is 3.41. The van der Waals surface area contributed by atoms with Gasteiger partial charge in [-0.15, -0.1) is 0 Å². The molecule has 170 valence electrons. The Morgan fingerprint density at radius 2 is 1.91 bits per heavy atom. The summed E-state index contributed by atoms with van der Waals surface area (Å²) in [5, 5.41) is 10.7. The first-order valence-electron chi connectivity index (χ1n) is 9.94. The van der Waals surface area contributed by atoms with Crippen LogP contribution in [0.3, 0.4) is 0 Å². The molecule has 3 aromatic rings. The van der Waals surface area contributed by atoms with Gasteiger partial charge >= 0.3 is 6.61 Å². The fourth-order valence-electron chi connectivity index (χ4n) is 3.12. The minimum absolute atomic E-state index is 0.0766. The van der Waals surface area contributed by atoms with Gasteiger partial charge in [0.1, 0.15) is 11.5 Å². The molecule has 0 aliphatic carbocycles. The first kappa shape index (κ1) is 23.0. The lowest BCUT2D eigenvalue weighted by Crippen LogP contribution is -2.36. The summed E-state index contributed by atoms with van der Waals surface area (Å²) in [7, 11) is 3.14. The molecule has 0 fully saturated rings. The molecular weight excluding hydrogens is 418 g/mol. The van der Waals surface area contributed by atoms with Gasteiger partial charge in [0.15, 0.2) is 11.8 Å². The van der Waals surface area contributed by atoms with Crippen molar-refractivity contribution in [2.75, 3.05) is 14.2 Å². The summed E-state index contributed by atoms with van der Waals surface area (Å²) < 4.78 is 36.9. The Balaban J connectivity index is 1.60. The van der Waals surface area contributed by atoms with Gasteiger partial charge in [0.05, 0.1) is 12.8 Å². The molecule has 0 saturated carbocycles. The number of aromatic nitrogens is 3. The first-order valence-corrected chi connectivity index (χ1v) is 9.94. The summed E-state index contributed by atoms with van der Waals surface area (Å²) in [6, 6.07) is 10.5. The zero-order valence-electron chi connectivity index (χ0n) is 18.4. The Kier molecular flexibility index (Phi) is 7.58. The summed E-state index contributed by atoms with van der Waals surface area (Å²) >= 11 is 0. The topological polar surface area (TPSA) is 85.6 Å². The average molecular weight is 444 g/mol. The van der Waals surface area contributed by atoms with E-state index in [2.05, 4.69) is 30.4 Å². The van der Waals surface area contributed by atoms with E-state index in [9.17, 15) is 8.78 Å². The van der Waals surface area contributed by atoms with Crippen LogP contribution in [0.15, 0.2) is 47.6 Å². The Hall–Kier alpha value is -3.69. The number of nitrogens with one attached hydrogen (secondary N) is 2. The van der Waals surface area contributed by atoms with Crippen LogP contribution in [0.2, 0.25) is 0 Å². The van der Waals surface area contributed by atoms with Crippen LogP contribution in [0.1, 0.15) is 22.5 Å². The summed E-state index contributed by atoms with van der Waals surface area (Å²) in [5.74, 6) is 1.86. The van der Waals surface area contributed by atoms with Gasteiger partial charge in [0, 0.05) is 37.6 Å². The normalized spacial score (nSPS) is 11.5. The van der Waals surface area contributed by atoms with E-state index < -0.39 is 6.61 Å². The molecule has 2 heterocycles. The Morgan fingerprint density at radius 1 is 1.12 bits per heavy atom. The molecule has 8 nitrogen and oxygen atoms in total. The molecule has 0 atom stereocenters. The van der Waals surface area contributed by atoms with Crippen LogP contribution in [-0.4, -0.2) is 41.5 Å². The number of rotatable bonds is 8. The van der Waals surface area contributed by atoms with Crippen molar-refractivity contribution >= 4 is 5.96 Å². The van der Waals surface area contributed by atoms with Crippen molar-refractivity contribution in [2.45, 2.75) is 33.5 Å². The van der Waals surface area contributed by atoms with E-state index in [1.165, 1.54) is 13.2 Å². The van der Waals surface area contributed by atoms with Crippen LogP contribution in [0, 0.1) is 13.8 Å². The van der Waals surface area contributed by atoms with Gasteiger partial charge < -0.3 is 20.1 Å². The molecule has 0 aliphatic rings. The molecular formula is C22H26F2N6O2. The van der Waals surface area contributed by atoms with Crippen LogP contribution in [0.4, 0.5) is 8.78 Å². The predicted octanol–water partition coefficient (Wildman–Crippen LogP) is 3.36. The van der Waals surface area contributed by atoms with Crippen molar-refractivity contribution < 1.29 is 18.3 Å². The summed E-state index contributed by atoms with van der Waals surface area (Å²) in [6.45, 7) is 1.70. The second kappa shape index (κ2) is 10.6. The molecule has 0 saturated heterocycles. The van der Waals surface area contributed by atoms with Crippen LogP contribution < -0.4 is 20.1 Å². The van der Waals surface area contributed by atoms with E-state index >= 15 is 0 Å². The van der Waals surface area contributed by atoms with Crippen molar-refractivity contribution in [1.82, 2.24) is 25.4 Å². The van der Waals surface area contributed by atoms with E-state index in [1.54, 1.807) is 30.1 Å². The molecule has 0 unspecified atom stereocenters. The molecule has 32 heavy (non-hydrogen) atoms. The van der Waals surface area contributed by atoms with Crippen LogP contribution in [0.5, 0.6) is 11.5 Å². The number of methoxy groups -OCH3 is 1. The Bertz CT molecular complexity index is 1070. The molecule has 0 spiro atoms. The third-order valence-electron chi connectivity index (χ3n) is 4.65. The van der Waals surface area contributed by atoms with Crippen molar-refractivity contribution in [2.24, 2.45) is 4.99 Å². The number of ether oxygens (including phenoxy) is 2. The zero-order valence-corrected chi connectivity index (χ0v) is 18.4. The Morgan fingerprint density at radius 3 is 2.50 bits per heavy atom. The number of hydrogen-bond acceptors (Lipinski definition) is 5. The number of aliphatic imine (C=N–C) groups is 1. The van der Waals surface area contributed by atoms with E-state index in [1.807, 2.05) is 32.0 Å². The van der Waals surface area contributed by atoms with Crippen molar-refractivity contribution in [3.05, 3.63) is 65.1 Å². The van der Waals surface area contributed by atoms with Crippen LogP contribution in [0.25, 0.3) is 5.82 Å². The van der Waals surface area contributed by atoms with Crippen LogP contribution >= 0.6 is 0 Å². The number of guanidine groups is 1. The van der Waals surface area contributed by atoms with E-state index in [-0.39, 0.29) is 12.3 Å². The lowest BCUT2D eigenvalue weighted by molar-refractivity contribution is -0.0505. The molecule has 2 N–H and O–H groups in total. The van der Waals surface area contributed by atoms with Gasteiger partial charge in [0.2, 0.25) is 0 Å². The number of hydrogen-bond donors (Lipinski definition) is 2. The number of alkyl halides is 2. The molecule has 1 aromatic carbocycles. The monoisotopic (exact) mass is 444 g/mol. The Labute approximate surface area is 185 Å². The fraction of sp³-hybridized carbons (Fsp3) is 0.318. The van der Waals surface area contributed by atoms with Gasteiger partial charge in [-0.1, -0.05) is 6.07 Å². The van der Waals surface area contributed by atoms with Gasteiger partial charge in [-0.05, 0) is 49.7 Å². The SMILES string of the molecule is CN=C(NCc1ccc(-n2nc(C)cc2C)nc1)NCc1cc(OC)ccc1OC(F)F. The molecule has 0 radical (unpaired) electrons. The molecule has 0 aliphatic heterocycles. The lowest BCUT2D eigenvalue weighted by atomic mass is 10.2. The van der Waals surface area contributed by atoms with E-state index in [4.69, 9.17) is 4.74 Å². The molecule has 0 bridgehead atoms. The number of benzene rings is 1. The first-order chi connectivity index (χ1) is 15.4. The highest BCUT2D eigenvalue weighted by atomic mass is 19.3. The van der Waals surface area contributed by atoms with Gasteiger partial charge in [-0.25, -0.2) is 9.67 Å². The molecule has 0 amide bonds. The molecule has 10 heteroatoms. The minimum atomic E-state index is -2.91. The number of halogens is 2. The lowest BCUT2D eigenvalue weighted by Gasteiger charge is -2.15. The predicted molar refractivity (Wildman–Crippen MR) is 117 cm³/mol. The smallest absolute Gasteiger partial charge is 0.387 e. The van der Waals surface area contributed by atoms with E-state index in [0.29, 0.717) is 23.8 Å². The summed E-state index contributed by atoms with van der Waals surface area (Å²) in [6.07, 6.45) is 1.77. The van der Waals surface area contributed by atoms with Crippen molar-refractivity contribution in [1.29, 1.82) is 0 Å². The number of nitrogens with zero attached hydrogens (tertiary/aromatic N) is 4. The second-order valence-corrected chi connectivity index (χ2v) is 7.00. The average Bonchev–Trinajstić information content (AvgIpc) is 3.12. The maximum absolute atomic E-state index is 12.7. The minimum Gasteiger partial charge on any atom is -0.497 e. The third kappa shape index (κ3) is 5.93. The van der Waals surface area contributed by atoms with Gasteiger partial charge in [-0.3, -0.25) is 4.99 Å². The fourth-order valence-corrected chi connectivity index (χ4v) is 3.12. The van der Waals surface area contributed by atoms with Gasteiger partial charge in [0.25, 0.3) is 0 Å². The van der Waals surface area contributed by atoms with Crippen molar-refractivity contribution in [3.63, 3.8) is 0 Å². The van der Waals surface area contributed by atoms with Gasteiger partial charge in [-0.2, -0.15) is 13.9 Å². The highest BCUT2D eigenvalue weighted by Gasteiger charge is 2.12. The second-order valence-electron chi connectivity index (χ2n) is 7.00. The van der Waals surface area contributed by atoms with E-state index in [0.717, 1.165) is 22.8 Å². The maximum Gasteiger partial charge on any atom is 0.387 e. The molecule has 2 aromatic heterocycles. The highest BCUT2D eigenvalue weighted by molar-refractivity contribution is 5.79. The maximum atomic E-state index is 12.7. The van der Waals surface area contributed by atoms with Crippen LogP contribution in [-0.2, 0) is 13.1 Å². The standard InChI is InChI=1S/C22H26F2N6O2/c1-14-9-15(2)30(29-14)20-8-5-16(11-26-20)12-27-22(25-3)28-13-17-10-18(31-4)6-7-19(17)32-21(23)24/h5-11,21H,12-13H2,1-4H3,(H2,25,27,28).